The van der Waals surface area contributed by atoms with Crippen molar-refractivity contribution in [2.24, 2.45) is 0 Å². The summed E-state index contributed by atoms with van der Waals surface area (Å²) in [7, 11) is 0. The third-order valence-corrected chi connectivity index (χ3v) is 4.33. The van der Waals surface area contributed by atoms with Crippen molar-refractivity contribution in [3.05, 3.63) is 38.6 Å². The van der Waals surface area contributed by atoms with E-state index >= 15 is 0 Å². The lowest BCUT2D eigenvalue weighted by molar-refractivity contribution is 1.62. The van der Waals surface area contributed by atoms with Gasteiger partial charge in [0.1, 0.15) is 0 Å². The molecule has 0 amide bonds. The lowest BCUT2D eigenvalue weighted by atomic mass is 10.2. The molecule has 0 spiro atoms. The second-order valence-electron chi connectivity index (χ2n) is 3.27. The first-order chi connectivity index (χ1) is 7.08. The lowest BCUT2D eigenvalue weighted by Gasteiger charge is -2.03. The number of hydrogen-bond acceptors (Lipinski definition) is 2. The second kappa shape index (κ2) is 4.16. The van der Waals surface area contributed by atoms with Gasteiger partial charge in [-0.05, 0) is 47.1 Å². The van der Waals surface area contributed by atoms with Crippen molar-refractivity contribution < 1.29 is 0 Å². The molecule has 0 saturated carbocycles. The summed E-state index contributed by atoms with van der Waals surface area (Å²) in [6.45, 7) is 2.07. The number of nitrogens with two attached hydrogens (primary N) is 1. The minimum absolute atomic E-state index is 0.688. The molecule has 2 rings (SSSR count). The van der Waals surface area contributed by atoms with E-state index in [4.69, 9.17) is 17.3 Å². The number of hydrogen-bond donors (Lipinski definition) is 1. The van der Waals surface area contributed by atoms with Crippen LogP contribution in [0.4, 0.5) is 5.69 Å². The molecule has 2 N–H and O–H groups in total. The van der Waals surface area contributed by atoms with E-state index in [0.717, 1.165) is 14.9 Å². The van der Waals surface area contributed by atoms with Gasteiger partial charge in [-0.1, -0.05) is 11.6 Å². The van der Waals surface area contributed by atoms with E-state index in [0.29, 0.717) is 10.7 Å². The van der Waals surface area contributed by atoms with Crippen molar-refractivity contribution in [3.63, 3.8) is 0 Å². The number of anilines is 1. The first-order valence-corrected chi connectivity index (χ1v) is 6.38. The van der Waals surface area contributed by atoms with Gasteiger partial charge in [0.15, 0.2) is 0 Å². The summed E-state index contributed by atoms with van der Waals surface area (Å²) in [6.07, 6.45) is 0. The molecule has 78 valence electrons. The molecule has 0 radical (unpaired) electrons. The van der Waals surface area contributed by atoms with E-state index in [1.54, 1.807) is 17.4 Å². The zero-order chi connectivity index (χ0) is 11.0. The Morgan fingerprint density at radius 1 is 1.33 bits per heavy atom. The summed E-state index contributed by atoms with van der Waals surface area (Å²) >= 11 is 11.4. The quantitative estimate of drug-likeness (QED) is 0.758. The van der Waals surface area contributed by atoms with E-state index in [1.165, 1.54) is 4.88 Å². The molecular formula is C11H9BrClNS. The number of thiophene rings is 1. The maximum absolute atomic E-state index is 6.15. The molecule has 1 heterocycles. The molecule has 0 aliphatic rings. The molecule has 0 aliphatic carbocycles. The van der Waals surface area contributed by atoms with Crippen LogP contribution >= 0.6 is 38.9 Å². The van der Waals surface area contributed by atoms with Crippen LogP contribution in [0.3, 0.4) is 0 Å². The van der Waals surface area contributed by atoms with Crippen LogP contribution in [0.5, 0.6) is 0 Å². The zero-order valence-electron chi connectivity index (χ0n) is 8.05. The monoisotopic (exact) mass is 301 g/mol. The predicted octanol–water partition coefficient (Wildman–Crippen LogP) is 4.72. The predicted molar refractivity (Wildman–Crippen MR) is 71.6 cm³/mol. The fourth-order valence-electron chi connectivity index (χ4n) is 1.38. The normalized spacial score (nSPS) is 10.6. The third kappa shape index (κ3) is 2.19. The van der Waals surface area contributed by atoms with Gasteiger partial charge in [-0.15, -0.1) is 11.3 Å². The van der Waals surface area contributed by atoms with Gasteiger partial charge < -0.3 is 5.73 Å². The fourth-order valence-corrected chi connectivity index (χ4v) is 3.62. The van der Waals surface area contributed by atoms with Crippen LogP contribution in [0.1, 0.15) is 4.88 Å². The van der Waals surface area contributed by atoms with E-state index in [9.17, 15) is 0 Å². The molecule has 0 saturated heterocycles. The molecule has 0 aliphatic heterocycles. The Hall–Kier alpha value is -0.510. The summed E-state index contributed by atoms with van der Waals surface area (Å²) in [5.41, 5.74) is 7.37. The van der Waals surface area contributed by atoms with Crippen LogP contribution in [0, 0.1) is 6.92 Å². The van der Waals surface area contributed by atoms with Gasteiger partial charge in [-0.2, -0.15) is 0 Å². The van der Waals surface area contributed by atoms with Crippen LogP contribution in [-0.4, -0.2) is 0 Å². The standard InChI is InChI=1S/C11H9BrClNS/c1-6-4-9(12)11(15-6)8-3-2-7(14)5-10(8)13/h2-5H,14H2,1H3. The van der Waals surface area contributed by atoms with Crippen molar-refractivity contribution in [1.82, 2.24) is 0 Å². The van der Waals surface area contributed by atoms with Gasteiger partial charge in [0.2, 0.25) is 0 Å². The molecule has 0 fully saturated rings. The highest BCUT2D eigenvalue weighted by Crippen LogP contribution is 2.40. The van der Waals surface area contributed by atoms with E-state index in [1.807, 2.05) is 12.1 Å². The lowest BCUT2D eigenvalue weighted by Crippen LogP contribution is -1.84. The van der Waals surface area contributed by atoms with Gasteiger partial charge >= 0.3 is 0 Å². The van der Waals surface area contributed by atoms with Crippen molar-refractivity contribution in [2.75, 3.05) is 5.73 Å². The highest BCUT2D eigenvalue weighted by atomic mass is 79.9. The smallest absolute Gasteiger partial charge is 0.0513 e. The summed E-state index contributed by atoms with van der Waals surface area (Å²) < 4.78 is 1.08. The number of benzene rings is 1. The molecule has 1 aromatic carbocycles. The minimum Gasteiger partial charge on any atom is -0.399 e. The third-order valence-electron chi connectivity index (χ3n) is 2.05. The van der Waals surface area contributed by atoms with Gasteiger partial charge in [0, 0.05) is 20.6 Å². The van der Waals surface area contributed by atoms with E-state index in [2.05, 4.69) is 28.9 Å². The molecule has 0 unspecified atom stereocenters. The maximum Gasteiger partial charge on any atom is 0.0513 e. The summed E-state index contributed by atoms with van der Waals surface area (Å²) in [5.74, 6) is 0. The topological polar surface area (TPSA) is 26.0 Å². The maximum atomic E-state index is 6.15. The number of halogens is 2. The largest absolute Gasteiger partial charge is 0.399 e. The van der Waals surface area contributed by atoms with Gasteiger partial charge in [-0.3, -0.25) is 0 Å². The van der Waals surface area contributed by atoms with E-state index in [-0.39, 0.29) is 0 Å². The molecular weight excluding hydrogens is 294 g/mol. The highest BCUT2D eigenvalue weighted by molar-refractivity contribution is 9.10. The average Bonchev–Trinajstić information content (AvgIpc) is 2.45. The highest BCUT2D eigenvalue weighted by Gasteiger charge is 2.10. The Morgan fingerprint density at radius 3 is 2.60 bits per heavy atom. The van der Waals surface area contributed by atoms with Crippen molar-refractivity contribution in [2.45, 2.75) is 6.92 Å². The molecule has 2 aromatic rings. The van der Waals surface area contributed by atoms with Crippen LogP contribution in [0.2, 0.25) is 5.02 Å². The number of rotatable bonds is 1. The van der Waals surface area contributed by atoms with E-state index < -0.39 is 0 Å². The molecule has 0 bridgehead atoms. The number of nitrogen functional groups attached to an aromatic ring is 1. The molecule has 0 atom stereocenters. The molecule has 1 aromatic heterocycles. The summed E-state index contributed by atoms with van der Waals surface area (Å²) in [5, 5.41) is 0.692. The molecule has 1 nitrogen and oxygen atoms in total. The molecule has 15 heavy (non-hydrogen) atoms. The SMILES string of the molecule is Cc1cc(Br)c(-c2ccc(N)cc2Cl)s1. The Kier molecular flexibility index (Phi) is 3.05. The van der Waals surface area contributed by atoms with Crippen LogP contribution in [0.25, 0.3) is 10.4 Å². The van der Waals surface area contributed by atoms with Crippen molar-refractivity contribution in [3.8, 4) is 10.4 Å². The Balaban J connectivity index is 2.59. The van der Waals surface area contributed by atoms with Gasteiger partial charge in [0.05, 0.1) is 9.90 Å². The molecule has 4 heteroatoms. The van der Waals surface area contributed by atoms with Gasteiger partial charge in [0.25, 0.3) is 0 Å². The minimum atomic E-state index is 0.688. The first kappa shape index (κ1) is 11.0. The Morgan fingerprint density at radius 2 is 2.07 bits per heavy atom. The number of aryl methyl sites for hydroxylation is 1. The second-order valence-corrected chi connectivity index (χ2v) is 5.79. The Bertz CT molecular complexity index is 507. The van der Waals surface area contributed by atoms with Gasteiger partial charge in [-0.25, -0.2) is 0 Å². The fraction of sp³-hybridized carbons (Fsp3) is 0.0909. The van der Waals surface area contributed by atoms with Crippen LogP contribution < -0.4 is 5.73 Å². The Labute approximate surface area is 106 Å². The summed E-state index contributed by atoms with van der Waals surface area (Å²) in [4.78, 5) is 2.40. The first-order valence-electron chi connectivity index (χ1n) is 4.39. The zero-order valence-corrected chi connectivity index (χ0v) is 11.2. The van der Waals surface area contributed by atoms with Crippen LogP contribution in [0.15, 0.2) is 28.7 Å². The van der Waals surface area contributed by atoms with Crippen molar-refractivity contribution in [1.29, 1.82) is 0 Å². The van der Waals surface area contributed by atoms with Crippen LogP contribution in [-0.2, 0) is 0 Å². The summed E-state index contributed by atoms with van der Waals surface area (Å²) in [6, 6.07) is 7.68. The average molecular weight is 303 g/mol. The van der Waals surface area contributed by atoms with Crippen molar-refractivity contribution >= 4 is 44.6 Å².